The monoisotopic (exact) mass is 470 g/mol. The Morgan fingerprint density at radius 1 is 1.06 bits per heavy atom. The third-order valence-corrected chi connectivity index (χ3v) is 7.16. The number of nitrogens with zero attached hydrogens (tertiary/aromatic N) is 5. The van der Waals surface area contributed by atoms with Crippen LogP contribution in [0.2, 0.25) is 0 Å². The van der Waals surface area contributed by atoms with Crippen molar-refractivity contribution in [2.24, 2.45) is 0 Å². The lowest BCUT2D eigenvalue weighted by Crippen LogP contribution is -2.44. The van der Waals surface area contributed by atoms with Gasteiger partial charge in [0.1, 0.15) is 18.2 Å². The van der Waals surface area contributed by atoms with Crippen molar-refractivity contribution in [1.29, 1.82) is 0 Å². The molecule has 0 spiro atoms. The molecule has 1 atom stereocenters. The maximum absolute atomic E-state index is 10.3. The standard InChI is InChI=1S/C27H30N6O2/c1-32-10-4-6-19(32)17-35-27-30-25-15-24(22-14-20(34)13-18-5-2-3-7-21(18)22)29-16-23(25)26(31-27)33-11-8-28-9-12-33/h2-3,5,7,13-16,19,28,34H,4,6,8-12,17H2,1H3/t19-/m0/s1. The van der Waals surface area contributed by atoms with Crippen molar-refractivity contribution in [3.8, 4) is 23.0 Å². The Morgan fingerprint density at radius 3 is 2.74 bits per heavy atom. The van der Waals surface area contributed by atoms with Crippen molar-refractivity contribution in [3.05, 3.63) is 48.7 Å². The van der Waals surface area contributed by atoms with E-state index in [1.165, 1.54) is 6.42 Å². The van der Waals surface area contributed by atoms with Gasteiger partial charge in [-0.1, -0.05) is 24.3 Å². The van der Waals surface area contributed by atoms with Crippen LogP contribution in [0.15, 0.2) is 48.7 Å². The van der Waals surface area contributed by atoms with Gasteiger partial charge < -0.3 is 25.0 Å². The van der Waals surface area contributed by atoms with Crippen molar-refractivity contribution >= 4 is 27.5 Å². The van der Waals surface area contributed by atoms with E-state index in [0.29, 0.717) is 18.7 Å². The van der Waals surface area contributed by atoms with Gasteiger partial charge >= 0.3 is 6.01 Å². The van der Waals surface area contributed by atoms with Gasteiger partial charge in [-0.25, -0.2) is 0 Å². The molecule has 2 N–H and O–H groups in total. The van der Waals surface area contributed by atoms with Crippen molar-refractivity contribution in [1.82, 2.24) is 25.2 Å². The lowest BCUT2D eigenvalue weighted by Gasteiger charge is -2.29. The summed E-state index contributed by atoms with van der Waals surface area (Å²) in [6.07, 6.45) is 4.19. The summed E-state index contributed by atoms with van der Waals surface area (Å²) in [5.74, 6) is 1.08. The molecule has 0 radical (unpaired) electrons. The van der Waals surface area contributed by atoms with Crippen LogP contribution in [0.3, 0.4) is 0 Å². The largest absolute Gasteiger partial charge is 0.508 e. The number of likely N-dealkylation sites (N-methyl/N-ethyl adjacent to an activating group) is 1. The average Bonchev–Trinajstić information content (AvgIpc) is 3.31. The second-order valence-electron chi connectivity index (χ2n) is 9.46. The molecular formula is C27H30N6O2. The van der Waals surface area contributed by atoms with Crippen molar-refractivity contribution in [2.75, 3.05) is 51.3 Å². The van der Waals surface area contributed by atoms with E-state index in [-0.39, 0.29) is 5.75 Å². The average molecular weight is 471 g/mol. The number of ether oxygens (including phenoxy) is 1. The first-order valence-corrected chi connectivity index (χ1v) is 12.3. The molecule has 4 heterocycles. The van der Waals surface area contributed by atoms with Gasteiger partial charge in [0.25, 0.3) is 0 Å². The van der Waals surface area contributed by atoms with Crippen LogP contribution in [0.5, 0.6) is 11.8 Å². The molecule has 0 aliphatic carbocycles. The zero-order valence-electron chi connectivity index (χ0n) is 19.9. The number of benzene rings is 2. The summed E-state index contributed by atoms with van der Waals surface area (Å²) in [6.45, 7) is 5.25. The first-order valence-electron chi connectivity index (χ1n) is 12.3. The molecule has 2 aliphatic heterocycles. The van der Waals surface area contributed by atoms with E-state index in [1.54, 1.807) is 12.1 Å². The van der Waals surface area contributed by atoms with Gasteiger partial charge in [0.05, 0.1) is 16.6 Å². The zero-order chi connectivity index (χ0) is 23.8. The summed E-state index contributed by atoms with van der Waals surface area (Å²) in [4.78, 5) is 19.1. The van der Waals surface area contributed by atoms with Gasteiger partial charge in [-0.15, -0.1) is 0 Å². The highest BCUT2D eigenvalue weighted by Crippen LogP contribution is 2.34. The number of nitrogens with one attached hydrogen (secondary N) is 1. The highest BCUT2D eigenvalue weighted by molar-refractivity contribution is 5.99. The molecule has 2 saturated heterocycles. The number of aromatic nitrogens is 3. The molecule has 0 unspecified atom stereocenters. The molecule has 8 heteroatoms. The molecule has 2 aromatic heterocycles. The number of pyridine rings is 1. The molecule has 2 fully saturated rings. The fraction of sp³-hybridized carbons (Fsp3) is 0.370. The second kappa shape index (κ2) is 9.28. The van der Waals surface area contributed by atoms with Crippen LogP contribution in [0, 0.1) is 0 Å². The first-order chi connectivity index (χ1) is 17.2. The van der Waals surface area contributed by atoms with Gasteiger partial charge in [-0.3, -0.25) is 4.98 Å². The minimum Gasteiger partial charge on any atom is -0.508 e. The number of rotatable bonds is 5. The summed E-state index contributed by atoms with van der Waals surface area (Å²) in [6, 6.07) is 14.3. The predicted octanol–water partition coefficient (Wildman–Crippen LogP) is 3.43. The number of hydrogen-bond acceptors (Lipinski definition) is 8. The van der Waals surface area contributed by atoms with E-state index in [9.17, 15) is 5.11 Å². The highest BCUT2D eigenvalue weighted by atomic mass is 16.5. The van der Waals surface area contributed by atoms with E-state index in [1.807, 2.05) is 30.5 Å². The number of aromatic hydroxyl groups is 1. The third-order valence-electron chi connectivity index (χ3n) is 7.16. The highest BCUT2D eigenvalue weighted by Gasteiger charge is 2.23. The molecule has 8 nitrogen and oxygen atoms in total. The van der Waals surface area contributed by atoms with Crippen LogP contribution in [-0.4, -0.2) is 77.4 Å². The van der Waals surface area contributed by atoms with Crippen LogP contribution in [0.1, 0.15) is 12.8 Å². The van der Waals surface area contributed by atoms with Crippen molar-refractivity contribution < 1.29 is 9.84 Å². The summed E-state index contributed by atoms with van der Waals surface area (Å²) in [5, 5.41) is 16.7. The number of piperazine rings is 1. The van der Waals surface area contributed by atoms with Gasteiger partial charge in [-0.05, 0) is 55.4 Å². The fourth-order valence-electron chi connectivity index (χ4n) is 5.19. The Balaban J connectivity index is 1.44. The Bertz CT molecular complexity index is 1370. The quantitative estimate of drug-likeness (QED) is 0.459. The lowest BCUT2D eigenvalue weighted by atomic mass is 10.0. The van der Waals surface area contributed by atoms with Crippen molar-refractivity contribution in [2.45, 2.75) is 18.9 Å². The van der Waals surface area contributed by atoms with E-state index >= 15 is 0 Å². The lowest BCUT2D eigenvalue weighted by molar-refractivity contribution is 0.188. The molecule has 0 amide bonds. The molecule has 0 bridgehead atoms. The molecule has 2 aromatic carbocycles. The zero-order valence-corrected chi connectivity index (χ0v) is 19.9. The normalized spacial score (nSPS) is 19.0. The number of anilines is 1. The minimum atomic E-state index is 0.217. The maximum atomic E-state index is 10.3. The van der Waals surface area contributed by atoms with Crippen LogP contribution in [-0.2, 0) is 0 Å². The number of phenols is 1. The van der Waals surface area contributed by atoms with Gasteiger partial charge in [-0.2, -0.15) is 9.97 Å². The molecule has 180 valence electrons. The number of phenolic OH excluding ortho intramolecular Hbond substituents is 1. The third kappa shape index (κ3) is 4.35. The number of hydrogen-bond donors (Lipinski definition) is 2. The molecule has 2 aliphatic rings. The van der Waals surface area contributed by atoms with Crippen LogP contribution in [0.4, 0.5) is 5.82 Å². The number of fused-ring (bicyclic) bond motifs is 2. The SMILES string of the molecule is CN1CCC[C@H]1COc1nc(N2CCNCC2)c2cnc(-c3cc(O)cc4ccccc34)cc2n1. The van der Waals surface area contributed by atoms with Crippen LogP contribution < -0.4 is 15.0 Å². The van der Waals surface area contributed by atoms with Crippen LogP contribution >= 0.6 is 0 Å². The van der Waals surface area contributed by atoms with Gasteiger partial charge in [0, 0.05) is 44.0 Å². The molecule has 4 aromatic rings. The summed E-state index contributed by atoms with van der Waals surface area (Å²) in [5.41, 5.74) is 2.43. The van der Waals surface area contributed by atoms with E-state index in [4.69, 9.17) is 19.7 Å². The Labute approximate surface area is 204 Å². The maximum Gasteiger partial charge on any atom is 0.319 e. The van der Waals surface area contributed by atoms with E-state index in [0.717, 1.165) is 77.9 Å². The van der Waals surface area contributed by atoms with Crippen LogP contribution in [0.25, 0.3) is 32.9 Å². The summed E-state index contributed by atoms with van der Waals surface area (Å²) in [7, 11) is 2.14. The minimum absolute atomic E-state index is 0.217. The van der Waals surface area contributed by atoms with Gasteiger partial charge in [0.2, 0.25) is 0 Å². The van der Waals surface area contributed by atoms with E-state index in [2.05, 4.69) is 28.2 Å². The number of likely N-dealkylation sites (tertiary alicyclic amines) is 1. The summed E-state index contributed by atoms with van der Waals surface area (Å²) < 4.78 is 6.17. The fourth-order valence-corrected chi connectivity index (χ4v) is 5.19. The summed E-state index contributed by atoms with van der Waals surface area (Å²) >= 11 is 0. The van der Waals surface area contributed by atoms with Crippen molar-refractivity contribution in [3.63, 3.8) is 0 Å². The molecule has 0 saturated carbocycles. The smallest absolute Gasteiger partial charge is 0.319 e. The molecule has 6 rings (SSSR count). The Morgan fingerprint density at radius 2 is 1.91 bits per heavy atom. The molecular weight excluding hydrogens is 440 g/mol. The second-order valence-corrected chi connectivity index (χ2v) is 9.46. The Hall–Kier alpha value is -3.49. The molecule has 35 heavy (non-hydrogen) atoms. The topological polar surface area (TPSA) is 86.6 Å². The van der Waals surface area contributed by atoms with E-state index < -0.39 is 0 Å². The first kappa shape index (κ1) is 22.0. The Kier molecular flexibility index (Phi) is 5.83. The van der Waals surface area contributed by atoms with Gasteiger partial charge in [0.15, 0.2) is 0 Å². The predicted molar refractivity (Wildman–Crippen MR) is 138 cm³/mol.